The summed E-state index contributed by atoms with van der Waals surface area (Å²) in [6, 6.07) is 10.8. The SMILES string of the molecule is [CH2]C(C)C(C)(c1ccccc1)N1CCC1. The molecule has 1 aliphatic heterocycles. The van der Waals surface area contributed by atoms with Crippen molar-refractivity contribution in [2.75, 3.05) is 13.1 Å². The third-order valence-corrected chi connectivity index (χ3v) is 3.83. The van der Waals surface area contributed by atoms with Crippen molar-refractivity contribution in [2.45, 2.75) is 25.8 Å². The van der Waals surface area contributed by atoms with Crippen molar-refractivity contribution in [3.63, 3.8) is 0 Å². The summed E-state index contributed by atoms with van der Waals surface area (Å²) in [6.45, 7) is 11.2. The van der Waals surface area contributed by atoms with Crippen LogP contribution in [0.3, 0.4) is 0 Å². The fraction of sp³-hybridized carbons (Fsp3) is 0.500. The van der Waals surface area contributed by atoms with Gasteiger partial charge in [-0.05, 0) is 31.7 Å². The van der Waals surface area contributed by atoms with E-state index in [0.717, 1.165) is 0 Å². The molecule has 81 valence electrons. The predicted molar refractivity (Wildman–Crippen MR) is 64.5 cm³/mol. The lowest BCUT2D eigenvalue weighted by Crippen LogP contribution is -2.54. The molecule has 2 rings (SSSR count). The van der Waals surface area contributed by atoms with Crippen LogP contribution in [0.4, 0.5) is 0 Å². The van der Waals surface area contributed by atoms with Crippen molar-refractivity contribution in [1.29, 1.82) is 0 Å². The molecular weight excluding hydrogens is 182 g/mol. The van der Waals surface area contributed by atoms with Gasteiger partial charge >= 0.3 is 0 Å². The van der Waals surface area contributed by atoms with Gasteiger partial charge in [-0.25, -0.2) is 0 Å². The quantitative estimate of drug-likeness (QED) is 0.728. The maximum absolute atomic E-state index is 4.25. The first-order valence-electron chi connectivity index (χ1n) is 5.79. The summed E-state index contributed by atoms with van der Waals surface area (Å²) in [4.78, 5) is 2.54. The molecular formula is C14H20N. The van der Waals surface area contributed by atoms with Crippen LogP contribution >= 0.6 is 0 Å². The number of rotatable bonds is 3. The molecule has 2 unspecified atom stereocenters. The first kappa shape index (κ1) is 10.7. The Morgan fingerprint density at radius 2 is 1.87 bits per heavy atom. The van der Waals surface area contributed by atoms with Crippen LogP contribution in [0.25, 0.3) is 0 Å². The summed E-state index contributed by atoms with van der Waals surface area (Å²) in [6.07, 6.45) is 1.33. The summed E-state index contributed by atoms with van der Waals surface area (Å²) >= 11 is 0. The zero-order chi connectivity index (χ0) is 10.9. The molecule has 1 saturated heterocycles. The summed E-state index contributed by atoms with van der Waals surface area (Å²) in [5.74, 6) is 0.403. The first-order chi connectivity index (χ1) is 7.15. The Morgan fingerprint density at radius 1 is 1.27 bits per heavy atom. The van der Waals surface area contributed by atoms with E-state index in [1.54, 1.807) is 0 Å². The Bertz CT molecular complexity index is 313. The van der Waals surface area contributed by atoms with Gasteiger partial charge in [-0.3, -0.25) is 4.90 Å². The standard InChI is InChI=1S/C14H20N/c1-12(2)14(3,15-10-7-11-15)13-8-5-4-6-9-13/h4-6,8-9,12H,1,7,10-11H2,2-3H3. The molecule has 0 amide bonds. The van der Waals surface area contributed by atoms with Gasteiger partial charge in [0.05, 0.1) is 0 Å². The molecule has 1 aromatic rings. The number of nitrogens with zero attached hydrogens (tertiary/aromatic N) is 1. The Hall–Kier alpha value is -0.820. The van der Waals surface area contributed by atoms with Gasteiger partial charge in [0.1, 0.15) is 0 Å². The topological polar surface area (TPSA) is 3.24 Å². The van der Waals surface area contributed by atoms with Crippen LogP contribution in [0.15, 0.2) is 30.3 Å². The summed E-state index contributed by atoms with van der Waals surface area (Å²) in [5, 5.41) is 0. The molecule has 1 aliphatic rings. The molecule has 1 heteroatoms. The molecule has 0 saturated carbocycles. The molecule has 1 heterocycles. The Balaban J connectivity index is 2.34. The van der Waals surface area contributed by atoms with Crippen molar-refractivity contribution in [3.05, 3.63) is 42.8 Å². The van der Waals surface area contributed by atoms with E-state index < -0.39 is 0 Å². The third-order valence-electron chi connectivity index (χ3n) is 3.83. The molecule has 0 bridgehead atoms. The lowest BCUT2D eigenvalue weighted by Gasteiger charge is -2.49. The molecule has 2 atom stereocenters. The molecule has 0 aliphatic carbocycles. The molecule has 1 aromatic carbocycles. The monoisotopic (exact) mass is 202 g/mol. The zero-order valence-corrected chi connectivity index (χ0v) is 9.74. The summed E-state index contributed by atoms with van der Waals surface area (Å²) in [5.41, 5.74) is 1.51. The van der Waals surface area contributed by atoms with E-state index in [1.165, 1.54) is 25.1 Å². The van der Waals surface area contributed by atoms with E-state index in [0.29, 0.717) is 5.92 Å². The molecule has 0 aromatic heterocycles. The average Bonchev–Trinajstić information content (AvgIpc) is 2.16. The highest BCUT2D eigenvalue weighted by atomic mass is 15.2. The normalized spacial score (nSPS) is 21.1. The number of hydrogen-bond acceptors (Lipinski definition) is 1. The van der Waals surface area contributed by atoms with Crippen molar-refractivity contribution >= 4 is 0 Å². The van der Waals surface area contributed by atoms with Crippen molar-refractivity contribution < 1.29 is 0 Å². The van der Waals surface area contributed by atoms with E-state index in [4.69, 9.17) is 0 Å². The smallest absolute Gasteiger partial charge is 0.0457 e. The Morgan fingerprint density at radius 3 is 2.27 bits per heavy atom. The van der Waals surface area contributed by atoms with Gasteiger partial charge in [-0.15, -0.1) is 0 Å². The van der Waals surface area contributed by atoms with Crippen LogP contribution < -0.4 is 0 Å². The van der Waals surface area contributed by atoms with E-state index in [1.807, 2.05) is 0 Å². The zero-order valence-electron chi connectivity index (χ0n) is 9.74. The van der Waals surface area contributed by atoms with Crippen molar-refractivity contribution in [3.8, 4) is 0 Å². The van der Waals surface area contributed by atoms with Crippen LogP contribution in [0.2, 0.25) is 0 Å². The van der Waals surface area contributed by atoms with Gasteiger partial charge < -0.3 is 0 Å². The van der Waals surface area contributed by atoms with E-state index >= 15 is 0 Å². The maximum Gasteiger partial charge on any atom is 0.0457 e. The predicted octanol–water partition coefficient (Wildman–Crippen LogP) is 3.08. The van der Waals surface area contributed by atoms with Crippen LogP contribution in [0.5, 0.6) is 0 Å². The molecule has 0 spiro atoms. The first-order valence-corrected chi connectivity index (χ1v) is 5.79. The summed E-state index contributed by atoms with van der Waals surface area (Å²) < 4.78 is 0. The highest BCUT2D eigenvalue weighted by Crippen LogP contribution is 2.38. The third kappa shape index (κ3) is 1.69. The van der Waals surface area contributed by atoms with Gasteiger partial charge in [-0.1, -0.05) is 37.3 Å². The molecule has 0 N–H and O–H groups in total. The van der Waals surface area contributed by atoms with Crippen molar-refractivity contribution in [2.24, 2.45) is 5.92 Å². The fourth-order valence-corrected chi connectivity index (χ4v) is 2.34. The van der Waals surface area contributed by atoms with Crippen LogP contribution in [0, 0.1) is 12.8 Å². The second-order valence-corrected chi connectivity index (χ2v) is 4.76. The molecule has 1 radical (unpaired) electrons. The van der Waals surface area contributed by atoms with Crippen LogP contribution in [-0.4, -0.2) is 18.0 Å². The van der Waals surface area contributed by atoms with Gasteiger partial charge in [0, 0.05) is 18.6 Å². The van der Waals surface area contributed by atoms with Gasteiger partial charge in [0.25, 0.3) is 0 Å². The highest BCUT2D eigenvalue weighted by molar-refractivity contribution is 5.25. The van der Waals surface area contributed by atoms with E-state index in [9.17, 15) is 0 Å². The van der Waals surface area contributed by atoms with Crippen LogP contribution in [-0.2, 0) is 5.54 Å². The highest BCUT2D eigenvalue weighted by Gasteiger charge is 2.39. The average molecular weight is 202 g/mol. The van der Waals surface area contributed by atoms with Gasteiger partial charge in [0.15, 0.2) is 0 Å². The number of benzene rings is 1. The maximum atomic E-state index is 4.25. The second kappa shape index (κ2) is 3.97. The van der Waals surface area contributed by atoms with E-state index in [2.05, 4.69) is 56.0 Å². The Kier molecular flexibility index (Phi) is 2.83. The fourth-order valence-electron chi connectivity index (χ4n) is 2.34. The minimum atomic E-state index is 0.111. The molecule has 1 nitrogen and oxygen atoms in total. The van der Waals surface area contributed by atoms with Crippen LogP contribution in [0.1, 0.15) is 25.8 Å². The lowest BCUT2D eigenvalue weighted by atomic mass is 9.78. The van der Waals surface area contributed by atoms with E-state index in [-0.39, 0.29) is 5.54 Å². The summed E-state index contributed by atoms with van der Waals surface area (Å²) in [7, 11) is 0. The van der Waals surface area contributed by atoms with Crippen molar-refractivity contribution in [1.82, 2.24) is 4.90 Å². The largest absolute Gasteiger partial charge is 0.294 e. The van der Waals surface area contributed by atoms with Gasteiger partial charge in [-0.2, -0.15) is 0 Å². The molecule has 15 heavy (non-hydrogen) atoms. The van der Waals surface area contributed by atoms with Gasteiger partial charge in [0.2, 0.25) is 0 Å². The minimum absolute atomic E-state index is 0.111. The molecule has 1 fully saturated rings. The number of hydrogen-bond donors (Lipinski definition) is 0. The minimum Gasteiger partial charge on any atom is -0.294 e. The number of likely N-dealkylation sites (tertiary alicyclic amines) is 1. The second-order valence-electron chi connectivity index (χ2n) is 4.76. The Labute approximate surface area is 93.1 Å². The lowest BCUT2D eigenvalue weighted by molar-refractivity contribution is 0.0120.